The van der Waals surface area contributed by atoms with E-state index in [-0.39, 0.29) is 23.8 Å². The fourth-order valence-corrected chi connectivity index (χ4v) is 4.39. The summed E-state index contributed by atoms with van der Waals surface area (Å²) in [5.74, 6) is -1.24. The number of likely N-dealkylation sites (tertiary alicyclic amines) is 1. The van der Waals surface area contributed by atoms with E-state index in [4.69, 9.17) is 4.74 Å². The SMILES string of the molecule is CCCC(N[C@@H](C)C(=O)N1C(C(=O)O)C[C@@H]2CCCC[C@@H]21)C(=O)OCC. The summed E-state index contributed by atoms with van der Waals surface area (Å²) in [4.78, 5) is 38.5. The van der Waals surface area contributed by atoms with Crippen molar-refractivity contribution in [2.45, 2.75) is 89.9 Å². The highest BCUT2D eigenvalue weighted by Gasteiger charge is 2.48. The van der Waals surface area contributed by atoms with Gasteiger partial charge in [0.05, 0.1) is 12.6 Å². The number of rotatable bonds is 8. The minimum atomic E-state index is -0.935. The lowest BCUT2D eigenvalue weighted by atomic mass is 9.84. The van der Waals surface area contributed by atoms with Gasteiger partial charge in [-0.2, -0.15) is 0 Å². The smallest absolute Gasteiger partial charge is 0.326 e. The zero-order chi connectivity index (χ0) is 19.3. The van der Waals surface area contributed by atoms with Crippen LogP contribution in [0.15, 0.2) is 0 Å². The van der Waals surface area contributed by atoms with Gasteiger partial charge in [-0.05, 0) is 45.4 Å². The van der Waals surface area contributed by atoms with E-state index in [0.717, 1.165) is 32.1 Å². The van der Waals surface area contributed by atoms with Crippen LogP contribution in [0.5, 0.6) is 0 Å². The molecule has 1 heterocycles. The van der Waals surface area contributed by atoms with Crippen molar-refractivity contribution in [3.8, 4) is 0 Å². The highest BCUT2D eigenvalue weighted by atomic mass is 16.5. The molecular formula is C19H32N2O5. The Morgan fingerprint density at radius 3 is 2.54 bits per heavy atom. The van der Waals surface area contributed by atoms with Gasteiger partial charge in [-0.1, -0.05) is 26.2 Å². The molecular weight excluding hydrogens is 336 g/mol. The first-order chi connectivity index (χ1) is 12.4. The van der Waals surface area contributed by atoms with Crippen molar-refractivity contribution in [3.63, 3.8) is 0 Å². The molecule has 7 nitrogen and oxygen atoms in total. The normalized spacial score (nSPS) is 27.5. The largest absolute Gasteiger partial charge is 0.480 e. The molecule has 0 aromatic heterocycles. The van der Waals surface area contributed by atoms with Crippen LogP contribution in [0.1, 0.15) is 65.7 Å². The molecule has 0 aromatic rings. The maximum absolute atomic E-state index is 13.1. The van der Waals surface area contributed by atoms with Crippen molar-refractivity contribution < 1.29 is 24.2 Å². The summed E-state index contributed by atoms with van der Waals surface area (Å²) in [6, 6.07) is -1.92. The van der Waals surface area contributed by atoms with E-state index in [9.17, 15) is 19.5 Å². The van der Waals surface area contributed by atoms with E-state index in [1.54, 1.807) is 18.7 Å². The molecule has 2 aliphatic rings. The standard InChI is InChI=1S/C19H32N2O5/c1-4-8-14(19(25)26-5-2)20-12(3)17(22)21-15-10-7-6-9-13(15)11-16(21)18(23)24/h12-16,20H,4-11H2,1-3H3,(H,23,24)/t12-,13-,14?,15-,16?/m0/s1. The molecule has 2 unspecified atom stereocenters. The Morgan fingerprint density at radius 2 is 1.92 bits per heavy atom. The highest BCUT2D eigenvalue weighted by molar-refractivity contribution is 5.88. The van der Waals surface area contributed by atoms with Crippen molar-refractivity contribution in [2.24, 2.45) is 5.92 Å². The second kappa shape index (κ2) is 9.35. The Balaban J connectivity index is 2.10. The van der Waals surface area contributed by atoms with Crippen LogP contribution in [-0.2, 0) is 19.1 Å². The van der Waals surface area contributed by atoms with Gasteiger partial charge in [-0.25, -0.2) is 4.79 Å². The lowest BCUT2D eigenvalue weighted by molar-refractivity contribution is -0.152. The van der Waals surface area contributed by atoms with Gasteiger partial charge in [-0.3, -0.25) is 14.9 Å². The average Bonchev–Trinajstić information content (AvgIpc) is 3.00. The number of carboxylic acids is 1. The molecule has 1 saturated heterocycles. The fourth-order valence-electron chi connectivity index (χ4n) is 4.39. The summed E-state index contributed by atoms with van der Waals surface area (Å²) < 4.78 is 5.09. The third-order valence-corrected chi connectivity index (χ3v) is 5.60. The summed E-state index contributed by atoms with van der Waals surface area (Å²) in [7, 11) is 0. The molecule has 0 spiro atoms. The third-order valence-electron chi connectivity index (χ3n) is 5.60. The first-order valence-electron chi connectivity index (χ1n) is 9.88. The number of carbonyl (C=O) groups excluding carboxylic acids is 2. The summed E-state index contributed by atoms with van der Waals surface area (Å²) in [6.45, 7) is 5.72. The number of nitrogens with one attached hydrogen (secondary N) is 1. The average molecular weight is 368 g/mol. The van der Waals surface area contributed by atoms with Crippen LogP contribution in [-0.4, -0.2) is 58.6 Å². The summed E-state index contributed by atoms with van der Waals surface area (Å²) in [6.07, 6.45) is 5.87. The fraction of sp³-hybridized carbons (Fsp3) is 0.842. The lowest BCUT2D eigenvalue weighted by Crippen LogP contribution is -2.55. The van der Waals surface area contributed by atoms with Gasteiger partial charge in [0, 0.05) is 6.04 Å². The molecule has 7 heteroatoms. The molecule has 5 atom stereocenters. The zero-order valence-electron chi connectivity index (χ0n) is 16.1. The Kier molecular flexibility index (Phi) is 7.43. The summed E-state index contributed by atoms with van der Waals surface area (Å²) in [5, 5.41) is 12.7. The highest BCUT2D eigenvalue weighted by Crippen LogP contribution is 2.40. The number of esters is 1. The first kappa shape index (κ1) is 20.7. The zero-order valence-corrected chi connectivity index (χ0v) is 16.1. The lowest BCUT2D eigenvalue weighted by Gasteiger charge is -2.35. The molecule has 2 N–H and O–H groups in total. The van der Waals surface area contributed by atoms with Crippen molar-refractivity contribution in [1.82, 2.24) is 10.2 Å². The van der Waals surface area contributed by atoms with Gasteiger partial charge >= 0.3 is 11.9 Å². The molecule has 2 fully saturated rings. The van der Waals surface area contributed by atoms with E-state index in [2.05, 4.69) is 5.32 Å². The predicted octanol–water partition coefficient (Wildman–Crippen LogP) is 1.94. The molecule has 26 heavy (non-hydrogen) atoms. The number of carbonyl (C=O) groups is 3. The van der Waals surface area contributed by atoms with Gasteiger partial charge in [-0.15, -0.1) is 0 Å². The molecule has 0 bridgehead atoms. The molecule has 0 aromatic carbocycles. The molecule has 1 saturated carbocycles. The Bertz CT molecular complexity index is 524. The molecule has 1 aliphatic carbocycles. The van der Waals surface area contributed by atoms with Crippen molar-refractivity contribution in [2.75, 3.05) is 6.61 Å². The van der Waals surface area contributed by atoms with Crippen LogP contribution in [0.4, 0.5) is 0 Å². The van der Waals surface area contributed by atoms with Crippen LogP contribution in [0.3, 0.4) is 0 Å². The van der Waals surface area contributed by atoms with Gasteiger partial charge in [0.25, 0.3) is 0 Å². The number of hydrogen-bond acceptors (Lipinski definition) is 5. The number of carboxylic acid groups (broad SMARTS) is 1. The Hall–Kier alpha value is -1.63. The number of nitrogens with zero attached hydrogens (tertiary/aromatic N) is 1. The van der Waals surface area contributed by atoms with Crippen LogP contribution in [0.2, 0.25) is 0 Å². The number of ether oxygens (including phenoxy) is 1. The number of fused-ring (bicyclic) bond motifs is 1. The number of aliphatic carboxylic acids is 1. The predicted molar refractivity (Wildman–Crippen MR) is 96.6 cm³/mol. The second-order valence-corrected chi connectivity index (χ2v) is 7.43. The van der Waals surface area contributed by atoms with Crippen LogP contribution >= 0.6 is 0 Å². The van der Waals surface area contributed by atoms with Crippen molar-refractivity contribution >= 4 is 17.8 Å². The quantitative estimate of drug-likeness (QED) is 0.636. The van der Waals surface area contributed by atoms with E-state index in [1.165, 1.54) is 0 Å². The van der Waals surface area contributed by atoms with Crippen molar-refractivity contribution in [1.29, 1.82) is 0 Å². The summed E-state index contributed by atoms with van der Waals surface area (Å²) in [5.41, 5.74) is 0. The van der Waals surface area contributed by atoms with Gasteiger partial charge in [0.2, 0.25) is 5.91 Å². The van der Waals surface area contributed by atoms with Crippen LogP contribution in [0, 0.1) is 5.92 Å². The monoisotopic (exact) mass is 368 g/mol. The number of amides is 1. The van der Waals surface area contributed by atoms with E-state index in [1.807, 2.05) is 6.92 Å². The van der Waals surface area contributed by atoms with Gasteiger partial charge in [0.15, 0.2) is 0 Å². The topological polar surface area (TPSA) is 95.9 Å². The second-order valence-electron chi connectivity index (χ2n) is 7.43. The Morgan fingerprint density at radius 1 is 1.23 bits per heavy atom. The summed E-state index contributed by atoms with van der Waals surface area (Å²) >= 11 is 0. The van der Waals surface area contributed by atoms with Gasteiger partial charge < -0.3 is 14.7 Å². The van der Waals surface area contributed by atoms with Crippen LogP contribution < -0.4 is 5.32 Å². The third kappa shape index (κ3) is 4.55. The molecule has 1 amide bonds. The van der Waals surface area contributed by atoms with Gasteiger partial charge in [0.1, 0.15) is 12.1 Å². The Labute approximate surface area is 155 Å². The van der Waals surface area contributed by atoms with E-state index < -0.39 is 24.1 Å². The van der Waals surface area contributed by atoms with E-state index in [0.29, 0.717) is 19.4 Å². The van der Waals surface area contributed by atoms with Crippen molar-refractivity contribution in [3.05, 3.63) is 0 Å². The molecule has 1 aliphatic heterocycles. The minimum absolute atomic E-state index is 0.00817. The van der Waals surface area contributed by atoms with E-state index >= 15 is 0 Å². The number of hydrogen-bond donors (Lipinski definition) is 2. The maximum Gasteiger partial charge on any atom is 0.326 e. The van der Waals surface area contributed by atoms with Crippen LogP contribution in [0.25, 0.3) is 0 Å². The maximum atomic E-state index is 13.1. The first-order valence-corrected chi connectivity index (χ1v) is 9.88. The molecule has 148 valence electrons. The minimum Gasteiger partial charge on any atom is -0.480 e. The molecule has 2 rings (SSSR count). The molecule has 0 radical (unpaired) electrons.